The van der Waals surface area contributed by atoms with E-state index in [1.807, 2.05) is 6.92 Å². The van der Waals surface area contributed by atoms with Gasteiger partial charge in [0.05, 0.1) is 11.9 Å². The summed E-state index contributed by atoms with van der Waals surface area (Å²) in [5.41, 5.74) is 0.393. The van der Waals surface area contributed by atoms with Crippen LogP contribution >= 0.6 is 11.3 Å². The van der Waals surface area contributed by atoms with Gasteiger partial charge in [0.15, 0.2) is 0 Å². The van der Waals surface area contributed by atoms with Gasteiger partial charge in [-0.1, -0.05) is 18.3 Å². The minimum atomic E-state index is -1.01. The van der Waals surface area contributed by atoms with Gasteiger partial charge < -0.3 is 10.4 Å². The number of hydrogen-bond acceptors (Lipinski definition) is 6. The fourth-order valence-corrected chi connectivity index (χ4v) is 2.03. The van der Waals surface area contributed by atoms with Crippen molar-refractivity contribution in [3.8, 4) is 0 Å². The molecule has 0 spiro atoms. The lowest BCUT2D eigenvalue weighted by molar-refractivity contribution is -0.137. The molecule has 2 aromatic heterocycles. The molecule has 0 aliphatic rings. The van der Waals surface area contributed by atoms with Gasteiger partial charge in [-0.2, -0.15) is 5.10 Å². The smallest absolute Gasteiger partial charge is 0.325 e. The quantitative estimate of drug-likeness (QED) is 0.757. The highest BCUT2D eigenvalue weighted by Gasteiger charge is 2.09. The van der Waals surface area contributed by atoms with Crippen molar-refractivity contribution in [3.05, 3.63) is 17.4 Å². The van der Waals surface area contributed by atoms with E-state index in [9.17, 15) is 9.59 Å². The maximum absolute atomic E-state index is 11.7. The van der Waals surface area contributed by atoms with Crippen LogP contribution in [0.15, 0.2) is 12.4 Å². The number of nitrogens with one attached hydrogen (secondary N) is 2. The van der Waals surface area contributed by atoms with Gasteiger partial charge in [-0.3, -0.25) is 14.8 Å². The SMILES string of the molecule is CCc1nnc(NC(=O)Nc2cnn(CC(=O)O)c2)s1. The lowest BCUT2D eigenvalue weighted by atomic mass is 10.5. The van der Waals surface area contributed by atoms with Gasteiger partial charge in [-0.05, 0) is 6.42 Å². The number of urea groups is 1. The molecule has 2 rings (SSSR count). The molecule has 0 fully saturated rings. The highest BCUT2D eigenvalue weighted by molar-refractivity contribution is 7.15. The van der Waals surface area contributed by atoms with Gasteiger partial charge in [0.1, 0.15) is 11.6 Å². The van der Waals surface area contributed by atoms with E-state index >= 15 is 0 Å². The number of rotatable bonds is 5. The topological polar surface area (TPSA) is 122 Å². The summed E-state index contributed by atoms with van der Waals surface area (Å²) in [7, 11) is 0. The van der Waals surface area contributed by atoms with Crippen LogP contribution in [0.3, 0.4) is 0 Å². The fraction of sp³-hybridized carbons (Fsp3) is 0.300. The molecule has 10 heteroatoms. The fourth-order valence-electron chi connectivity index (χ4n) is 1.36. The second kappa shape index (κ2) is 6.10. The van der Waals surface area contributed by atoms with Crippen LogP contribution in [-0.4, -0.2) is 37.1 Å². The Morgan fingerprint density at radius 2 is 2.20 bits per heavy atom. The Kier molecular flexibility index (Phi) is 4.25. The number of aromatic nitrogens is 4. The number of carboxylic acids is 1. The molecule has 2 amide bonds. The molecule has 3 N–H and O–H groups in total. The van der Waals surface area contributed by atoms with E-state index < -0.39 is 12.0 Å². The van der Waals surface area contributed by atoms with E-state index in [1.165, 1.54) is 28.4 Å². The predicted molar refractivity (Wildman–Crippen MR) is 71.8 cm³/mol. The zero-order chi connectivity index (χ0) is 14.5. The molecular weight excluding hydrogens is 284 g/mol. The third-order valence-corrected chi connectivity index (χ3v) is 3.16. The summed E-state index contributed by atoms with van der Waals surface area (Å²) in [6.45, 7) is 1.68. The normalized spacial score (nSPS) is 10.2. The van der Waals surface area contributed by atoms with Crippen LogP contribution < -0.4 is 10.6 Å². The highest BCUT2D eigenvalue weighted by Crippen LogP contribution is 2.15. The maximum atomic E-state index is 11.7. The Morgan fingerprint density at radius 1 is 1.40 bits per heavy atom. The number of carbonyl (C=O) groups excluding carboxylic acids is 1. The van der Waals surface area contributed by atoms with Crippen molar-refractivity contribution in [1.82, 2.24) is 20.0 Å². The number of aliphatic carboxylic acids is 1. The standard InChI is InChI=1S/C10H12N6O3S/c1-2-7-14-15-10(20-7)13-9(19)12-6-3-11-16(4-6)5-8(17)18/h3-4H,2,5H2,1H3,(H,17,18)(H2,12,13,15,19). The Balaban J connectivity index is 1.90. The first kappa shape index (κ1) is 13.9. The molecule has 0 atom stereocenters. The van der Waals surface area contributed by atoms with E-state index in [0.29, 0.717) is 10.8 Å². The van der Waals surface area contributed by atoms with Crippen LogP contribution in [0.4, 0.5) is 15.6 Å². The molecule has 0 bridgehead atoms. The lowest BCUT2D eigenvalue weighted by Gasteiger charge is -2.01. The van der Waals surface area contributed by atoms with Crippen LogP contribution in [0.2, 0.25) is 0 Å². The van der Waals surface area contributed by atoms with Gasteiger partial charge in [-0.15, -0.1) is 10.2 Å². The molecule has 0 aliphatic carbocycles. The van der Waals surface area contributed by atoms with Crippen LogP contribution in [0.1, 0.15) is 11.9 Å². The predicted octanol–water partition coefficient (Wildman–Crippen LogP) is 1.03. The summed E-state index contributed by atoms with van der Waals surface area (Å²) in [6.07, 6.45) is 3.54. The highest BCUT2D eigenvalue weighted by atomic mass is 32.1. The van der Waals surface area contributed by atoms with E-state index in [0.717, 1.165) is 11.4 Å². The van der Waals surface area contributed by atoms with Crippen molar-refractivity contribution >= 4 is 34.2 Å². The van der Waals surface area contributed by atoms with Crippen molar-refractivity contribution in [3.63, 3.8) is 0 Å². The maximum Gasteiger partial charge on any atom is 0.325 e. The van der Waals surface area contributed by atoms with Crippen molar-refractivity contribution in [2.45, 2.75) is 19.9 Å². The largest absolute Gasteiger partial charge is 0.480 e. The number of carbonyl (C=O) groups is 2. The zero-order valence-electron chi connectivity index (χ0n) is 10.5. The van der Waals surface area contributed by atoms with Gasteiger partial charge in [0.2, 0.25) is 5.13 Å². The molecule has 106 valence electrons. The second-order valence-electron chi connectivity index (χ2n) is 3.75. The average Bonchev–Trinajstić information content (AvgIpc) is 2.98. The van der Waals surface area contributed by atoms with Gasteiger partial charge >= 0.3 is 12.0 Å². The third-order valence-electron chi connectivity index (χ3n) is 2.18. The summed E-state index contributed by atoms with van der Waals surface area (Å²) in [5.74, 6) is -1.01. The first-order valence-corrected chi connectivity index (χ1v) is 6.53. The molecule has 0 aliphatic heterocycles. The second-order valence-corrected chi connectivity index (χ2v) is 4.82. The van der Waals surface area contributed by atoms with Crippen molar-refractivity contribution in [2.24, 2.45) is 0 Å². The molecule has 9 nitrogen and oxygen atoms in total. The Labute approximate surface area is 117 Å². The van der Waals surface area contributed by atoms with Gasteiger partial charge in [-0.25, -0.2) is 4.79 Å². The zero-order valence-corrected chi connectivity index (χ0v) is 11.3. The third kappa shape index (κ3) is 3.75. The van der Waals surface area contributed by atoms with Crippen LogP contribution in [0.5, 0.6) is 0 Å². The summed E-state index contributed by atoms with van der Waals surface area (Å²) in [5, 5.41) is 26.4. The number of aryl methyl sites for hydroxylation is 1. The summed E-state index contributed by atoms with van der Waals surface area (Å²) < 4.78 is 1.21. The van der Waals surface area contributed by atoms with Crippen LogP contribution in [-0.2, 0) is 17.8 Å². The summed E-state index contributed by atoms with van der Waals surface area (Å²) in [6, 6.07) is -0.487. The Bertz CT molecular complexity index is 622. The molecule has 0 aromatic carbocycles. The first-order valence-electron chi connectivity index (χ1n) is 5.71. The van der Waals surface area contributed by atoms with Gasteiger partial charge in [0.25, 0.3) is 0 Å². The molecule has 2 aromatic rings. The number of amides is 2. The monoisotopic (exact) mass is 296 g/mol. The Hall–Kier alpha value is -2.49. The molecular formula is C10H12N6O3S. The van der Waals surface area contributed by atoms with Gasteiger partial charge in [0, 0.05) is 6.20 Å². The van der Waals surface area contributed by atoms with Crippen LogP contribution in [0, 0.1) is 0 Å². The molecule has 0 saturated carbocycles. The van der Waals surface area contributed by atoms with E-state index in [2.05, 4.69) is 25.9 Å². The first-order chi connectivity index (χ1) is 9.56. The molecule has 0 unspecified atom stereocenters. The minimum Gasteiger partial charge on any atom is -0.480 e. The molecule has 0 radical (unpaired) electrons. The molecule has 2 heterocycles. The lowest BCUT2D eigenvalue weighted by Crippen LogP contribution is -2.19. The van der Waals surface area contributed by atoms with E-state index in [-0.39, 0.29) is 6.54 Å². The number of nitrogens with zero attached hydrogens (tertiary/aromatic N) is 4. The van der Waals surface area contributed by atoms with Crippen molar-refractivity contribution in [2.75, 3.05) is 10.6 Å². The van der Waals surface area contributed by atoms with E-state index in [1.54, 1.807) is 0 Å². The van der Waals surface area contributed by atoms with Crippen LogP contribution in [0.25, 0.3) is 0 Å². The van der Waals surface area contributed by atoms with E-state index in [4.69, 9.17) is 5.11 Å². The minimum absolute atomic E-state index is 0.264. The summed E-state index contributed by atoms with van der Waals surface area (Å²) in [4.78, 5) is 22.2. The van der Waals surface area contributed by atoms with Crippen molar-refractivity contribution in [1.29, 1.82) is 0 Å². The number of anilines is 2. The summed E-state index contributed by atoms with van der Waals surface area (Å²) >= 11 is 1.29. The molecule has 20 heavy (non-hydrogen) atoms. The number of carboxylic acid groups (broad SMARTS) is 1. The average molecular weight is 296 g/mol. The van der Waals surface area contributed by atoms with Crippen molar-refractivity contribution < 1.29 is 14.7 Å². The number of hydrogen-bond donors (Lipinski definition) is 3. The Morgan fingerprint density at radius 3 is 2.85 bits per heavy atom. The molecule has 0 saturated heterocycles.